The fraction of sp³-hybridized carbons (Fsp3) is 0.533. The van der Waals surface area contributed by atoms with Gasteiger partial charge in [0.05, 0.1) is 18.6 Å². The number of nitrogens with zero attached hydrogens (tertiary/aromatic N) is 1. The molecule has 4 nitrogen and oxygen atoms in total. The standard InChI is InChI=1S/C15H22N2O2/c1-10-4-5-12(6-11(10)2)7-15(19)17(3)13-8-16-9-14(13)18/h4-6,13-14,16,18H,7-9H2,1-3H3/t13-,14-/m1/s1. The summed E-state index contributed by atoms with van der Waals surface area (Å²) in [5, 5.41) is 12.9. The van der Waals surface area contributed by atoms with Crippen molar-refractivity contribution in [3.05, 3.63) is 34.9 Å². The fourth-order valence-electron chi connectivity index (χ4n) is 2.44. The number of β-amino-alcohol motifs (C(OH)–C–C–N with tert-alkyl or cyclic N) is 1. The van der Waals surface area contributed by atoms with Gasteiger partial charge in [-0.2, -0.15) is 0 Å². The van der Waals surface area contributed by atoms with Crippen molar-refractivity contribution < 1.29 is 9.90 Å². The molecule has 2 atom stereocenters. The Bertz CT molecular complexity index is 473. The largest absolute Gasteiger partial charge is 0.390 e. The summed E-state index contributed by atoms with van der Waals surface area (Å²) in [6.07, 6.45) is -0.0744. The van der Waals surface area contributed by atoms with Crippen molar-refractivity contribution in [3.8, 4) is 0 Å². The van der Waals surface area contributed by atoms with Crippen LogP contribution in [0.2, 0.25) is 0 Å². The number of likely N-dealkylation sites (N-methyl/N-ethyl adjacent to an activating group) is 1. The van der Waals surface area contributed by atoms with Crippen LogP contribution in [-0.2, 0) is 11.2 Å². The highest BCUT2D eigenvalue weighted by molar-refractivity contribution is 5.79. The van der Waals surface area contributed by atoms with Gasteiger partial charge < -0.3 is 15.3 Å². The minimum absolute atomic E-state index is 0.0519. The summed E-state index contributed by atoms with van der Waals surface area (Å²) in [6.45, 7) is 5.34. The van der Waals surface area contributed by atoms with E-state index in [1.165, 1.54) is 11.1 Å². The Balaban J connectivity index is 2.02. The highest BCUT2D eigenvalue weighted by Crippen LogP contribution is 2.13. The van der Waals surface area contributed by atoms with Gasteiger partial charge >= 0.3 is 0 Å². The predicted octanol–water partition coefficient (Wildman–Crippen LogP) is 0.637. The molecule has 0 spiro atoms. The van der Waals surface area contributed by atoms with Crippen LogP contribution in [0, 0.1) is 13.8 Å². The summed E-state index contributed by atoms with van der Waals surface area (Å²) < 4.78 is 0. The maximum atomic E-state index is 12.2. The lowest BCUT2D eigenvalue weighted by Crippen LogP contribution is -2.44. The van der Waals surface area contributed by atoms with Crippen LogP contribution in [0.15, 0.2) is 18.2 Å². The van der Waals surface area contributed by atoms with Gasteiger partial charge in [-0.05, 0) is 30.5 Å². The number of nitrogens with one attached hydrogen (secondary N) is 1. The highest BCUT2D eigenvalue weighted by atomic mass is 16.3. The zero-order valence-electron chi connectivity index (χ0n) is 11.8. The van der Waals surface area contributed by atoms with Gasteiger partial charge in [0, 0.05) is 20.1 Å². The second kappa shape index (κ2) is 5.72. The van der Waals surface area contributed by atoms with E-state index in [2.05, 4.69) is 25.2 Å². The number of rotatable bonds is 3. The number of carbonyl (C=O) groups is 1. The van der Waals surface area contributed by atoms with Crippen molar-refractivity contribution in [2.75, 3.05) is 20.1 Å². The second-order valence-corrected chi connectivity index (χ2v) is 5.39. The molecule has 2 N–H and O–H groups in total. The quantitative estimate of drug-likeness (QED) is 0.840. The Morgan fingerprint density at radius 3 is 2.68 bits per heavy atom. The topological polar surface area (TPSA) is 52.6 Å². The maximum absolute atomic E-state index is 12.2. The van der Waals surface area contributed by atoms with E-state index < -0.39 is 6.10 Å². The van der Waals surface area contributed by atoms with Crippen LogP contribution >= 0.6 is 0 Å². The molecule has 1 aliphatic heterocycles. The Labute approximate surface area is 114 Å². The average Bonchev–Trinajstić information content (AvgIpc) is 2.79. The molecule has 1 aliphatic rings. The number of hydrogen-bond donors (Lipinski definition) is 2. The van der Waals surface area contributed by atoms with Crippen molar-refractivity contribution in [2.24, 2.45) is 0 Å². The minimum Gasteiger partial charge on any atom is -0.390 e. The molecule has 0 saturated carbocycles. The fourth-order valence-corrected chi connectivity index (χ4v) is 2.44. The summed E-state index contributed by atoms with van der Waals surface area (Å²) >= 11 is 0. The molecule has 2 rings (SSSR count). The predicted molar refractivity (Wildman–Crippen MR) is 75.1 cm³/mol. The van der Waals surface area contributed by atoms with E-state index >= 15 is 0 Å². The van der Waals surface area contributed by atoms with Crippen molar-refractivity contribution in [3.63, 3.8) is 0 Å². The molecular formula is C15H22N2O2. The zero-order chi connectivity index (χ0) is 14.0. The summed E-state index contributed by atoms with van der Waals surface area (Å²) in [4.78, 5) is 13.9. The highest BCUT2D eigenvalue weighted by Gasteiger charge is 2.30. The van der Waals surface area contributed by atoms with Crippen LogP contribution < -0.4 is 5.32 Å². The zero-order valence-corrected chi connectivity index (χ0v) is 11.8. The van der Waals surface area contributed by atoms with Gasteiger partial charge in [-0.3, -0.25) is 4.79 Å². The molecule has 1 fully saturated rings. The SMILES string of the molecule is Cc1ccc(CC(=O)N(C)[C@@H]2CNC[C@H]2O)cc1C. The van der Waals surface area contributed by atoms with Gasteiger partial charge in [0.15, 0.2) is 0 Å². The molecular weight excluding hydrogens is 240 g/mol. The lowest BCUT2D eigenvalue weighted by Gasteiger charge is -2.26. The molecule has 1 aromatic carbocycles. The third-order valence-electron chi connectivity index (χ3n) is 3.97. The molecule has 1 heterocycles. The van der Waals surface area contributed by atoms with Gasteiger partial charge in [0.1, 0.15) is 0 Å². The van der Waals surface area contributed by atoms with E-state index in [-0.39, 0.29) is 11.9 Å². The number of aliphatic hydroxyl groups is 1. The van der Waals surface area contributed by atoms with Crippen LogP contribution in [-0.4, -0.2) is 48.2 Å². The minimum atomic E-state index is -0.464. The van der Waals surface area contributed by atoms with E-state index in [4.69, 9.17) is 0 Å². The van der Waals surface area contributed by atoms with Crippen molar-refractivity contribution in [1.29, 1.82) is 0 Å². The molecule has 0 bridgehead atoms. The molecule has 104 valence electrons. The number of hydrogen-bond acceptors (Lipinski definition) is 3. The number of aryl methyl sites for hydroxylation is 2. The van der Waals surface area contributed by atoms with E-state index in [0.29, 0.717) is 19.5 Å². The van der Waals surface area contributed by atoms with Crippen molar-refractivity contribution in [2.45, 2.75) is 32.4 Å². The van der Waals surface area contributed by atoms with Crippen molar-refractivity contribution in [1.82, 2.24) is 10.2 Å². The first kappa shape index (κ1) is 14.0. The monoisotopic (exact) mass is 262 g/mol. The number of amides is 1. The van der Waals surface area contributed by atoms with Crippen LogP contribution in [0.5, 0.6) is 0 Å². The molecule has 19 heavy (non-hydrogen) atoms. The van der Waals surface area contributed by atoms with Crippen molar-refractivity contribution >= 4 is 5.91 Å². The van der Waals surface area contributed by atoms with Gasteiger partial charge in [0.25, 0.3) is 0 Å². The molecule has 0 radical (unpaired) electrons. The number of carbonyl (C=O) groups excluding carboxylic acids is 1. The van der Waals surface area contributed by atoms with Crippen LogP contribution in [0.25, 0.3) is 0 Å². The average molecular weight is 262 g/mol. The molecule has 1 amide bonds. The van der Waals surface area contributed by atoms with E-state index in [9.17, 15) is 9.90 Å². The summed E-state index contributed by atoms with van der Waals surface area (Å²) in [7, 11) is 1.77. The summed E-state index contributed by atoms with van der Waals surface area (Å²) in [5.41, 5.74) is 3.47. The van der Waals surface area contributed by atoms with Crippen LogP contribution in [0.4, 0.5) is 0 Å². The smallest absolute Gasteiger partial charge is 0.227 e. The lowest BCUT2D eigenvalue weighted by atomic mass is 10.0. The van der Waals surface area contributed by atoms with E-state index in [0.717, 1.165) is 5.56 Å². The van der Waals surface area contributed by atoms with Gasteiger partial charge in [0.2, 0.25) is 5.91 Å². The Morgan fingerprint density at radius 2 is 2.11 bits per heavy atom. The first-order valence-corrected chi connectivity index (χ1v) is 6.69. The van der Waals surface area contributed by atoms with Gasteiger partial charge in [-0.25, -0.2) is 0 Å². The first-order valence-electron chi connectivity index (χ1n) is 6.69. The maximum Gasteiger partial charge on any atom is 0.227 e. The number of benzene rings is 1. The molecule has 4 heteroatoms. The van der Waals surface area contributed by atoms with E-state index in [1.54, 1.807) is 11.9 Å². The Kier molecular flexibility index (Phi) is 4.22. The first-order chi connectivity index (χ1) is 8.99. The molecule has 0 aromatic heterocycles. The van der Waals surface area contributed by atoms with Gasteiger partial charge in [-0.15, -0.1) is 0 Å². The molecule has 0 aliphatic carbocycles. The molecule has 0 unspecified atom stereocenters. The third kappa shape index (κ3) is 3.14. The molecule has 1 saturated heterocycles. The van der Waals surface area contributed by atoms with Crippen LogP contribution in [0.1, 0.15) is 16.7 Å². The third-order valence-corrected chi connectivity index (χ3v) is 3.97. The normalized spacial score (nSPS) is 22.5. The second-order valence-electron chi connectivity index (χ2n) is 5.39. The van der Waals surface area contributed by atoms with Crippen LogP contribution in [0.3, 0.4) is 0 Å². The Hall–Kier alpha value is -1.39. The van der Waals surface area contributed by atoms with E-state index in [1.807, 2.05) is 12.1 Å². The number of aliphatic hydroxyl groups excluding tert-OH is 1. The lowest BCUT2D eigenvalue weighted by molar-refractivity contribution is -0.132. The summed E-state index contributed by atoms with van der Waals surface area (Å²) in [6, 6.07) is 5.99. The molecule has 1 aromatic rings. The van der Waals surface area contributed by atoms with Gasteiger partial charge in [-0.1, -0.05) is 18.2 Å². The summed E-state index contributed by atoms with van der Waals surface area (Å²) in [5.74, 6) is 0.0519. The Morgan fingerprint density at radius 1 is 1.37 bits per heavy atom.